The van der Waals surface area contributed by atoms with Crippen LogP contribution >= 0.6 is 11.3 Å². The van der Waals surface area contributed by atoms with E-state index in [0.29, 0.717) is 0 Å². The summed E-state index contributed by atoms with van der Waals surface area (Å²) in [6, 6.07) is 4.09. The van der Waals surface area contributed by atoms with Gasteiger partial charge < -0.3 is 5.73 Å². The standard InChI is InChI=1S/C9H12N2S/c1-6-4-8(7(2)12-6)9(3,11)5-10/h4H,11H2,1-3H3/t9-/m0/s1. The first-order chi connectivity index (χ1) is 5.47. The van der Waals surface area contributed by atoms with E-state index in [4.69, 9.17) is 11.0 Å². The van der Waals surface area contributed by atoms with Gasteiger partial charge in [0.25, 0.3) is 0 Å². The lowest BCUT2D eigenvalue weighted by atomic mass is 9.96. The van der Waals surface area contributed by atoms with Crippen molar-refractivity contribution in [2.75, 3.05) is 0 Å². The fourth-order valence-electron chi connectivity index (χ4n) is 1.21. The molecule has 0 bridgehead atoms. The van der Waals surface area contributed by atoms with Crippen LogP contribution in [-0.2, 0) is 5.54 Å². The van der Waals surface area contributed by atoms with E-state index in [1.54, 1.807) is 18.3 Å². The summed E-state index contributed by atoms with van der Waals surface area (Å²) in [5, 5.41) is 8.81. The smallest absolute Gasteiger partial charge is 0.128 e. The molecular weight excluding hydrogens is 168 g/mol. The Bertz CT molecular complexity index is 331. The second-order valence-electron chi connectivity index (χ2n) is 3.14. The maximum Gasteiger partial charge on any atom is 0.128 e. The van der Waals surface area contributed by atoms with Crippen LogP contribution in [0.1, 0.15) is 22.2 Å². The molecule has 0 aliphatic rings. The predicted molar refractivity (Wildman–Crippen MR) is 50.9 cm³/mol. The van der Waals surface area contributed by atoms with Gasteiger partial charge in [0.2, 0.25) is 0 Å². The first kappa shape index (κ1) is 9.24. The van der Waals surface area contributed by atoms with Gasteiger partial charge in [-0.25, -0.2) is 0 Å². The topological polar surface area (TPSA) is 49.8 Å². The third-order valence-corrected chi connectivity index (χ3v) is 2.80. The van der Waals surface area contributed by atoms with E-state index in [-0.39, 0.29) is 0 Å². The molecule has 3 heteroatoms. The van der Waals surface area contributed by atoms with Crippen molar-refractivity contribution in [3.63, 3.8) is 0 Å². The van der Waals surface area contributed by atoms with Crippen molar-refractivity contribution < 1.29 is 0 Å². The van der Waals surface area contributed by atoms with E-state index in [1.165, 1.54) is 4.88 Å². The van der Waals surface area contributed by atoms with Gasteiger partial charge in [-0.05, 0) is 32.4 Å². The number of hydrogen-bond donors (Lipinski definition) is 1. The van der Waals surface area contributed by atoms with Gasteiger partial charge in [-0.3, -0.25) is 0 Å². The molecule has 0 saturated heterocycles. The lowest BCUT2D eigenvalue weighted by Crippen LogP contribution is -2.30. The average Bonchev–Trinajstić information content (AvgIpc) is 2.31. The normalized spacial score (nSPS) is 15.2. The fourth-order valence-corrected chi connectivity index (χ4v) is 2.25. The van der Waals surface area contributed by atoms with E-state index in [0.717, 1.165) is 10.4 Å². The largest absolute Gasteiger partial charge is 0.310 e. The SMILES string of the molecule is Cc1cc([C@@](C)(N)C#N)c(C)s1. The van der Waals surface area contributed by atoms with Crippen LogP contribution in [0.25, 0.3) is 0 Å². The zero-order valence-corrected chi connectivity index (χ0v) is 8.33. The van der Waals surface area contributed by atoms with Gasteiger partial charge in [-0.2, -0.15) is 5.26 Å². The summed E-state index contributed by atoms with van der Waals surface area (Å²) >= 11 is 1.68. The lowest BCUT2D eigenvalue weighted by molar-refractivity contribution is 0.645. The highest BCUT2D eigenvalue weighted by Crippen LogP contribution is 2.28. The Balaban J connectivity index is 3.21. The Morgan fingerprint density at radius 3 is 2.50 bits per heavy atom. The molecule has 1 atom stereocenters. The van der Waals surface area contributed by atoms with E-state index < -0.39 is 5.54 Å². The van der Waals surface area contributed by atoms with Crippen LogP contribution in [0, 0.1) is 25.2 Å². The van der Waals surface area contributed by atoms with Gasteiger partial charge in [-0.1, -0.05) is 0 Å². The highest BCUT2D eigenvalue weighted by molar-refractivity contribution is 7.12. The molecule has 1 heterocycles. The Labute approximate surface area is 76.6 Å². The highest BCUT2D eigenvalue weighted by Gasteiger charge is 2.23. The van der Waals surface area contributed by atoms with Gasteiger partial charge >= 0.3 is 0 Å². The first-order valence-corrected chi connectivity index (χ1v) is 4.56. The molecule has 0 radical (unpaired) electrons. The number of thiophene rings is 1. The minimum Gasteiger partial charge on any atom is -0.310 e. The predicted octanol–water partition coefficient (Wildman–Crippen LogP) is 2.06. The van der Waals surface area contributed by atoms with Gasteiger partial charge in [0.15, 0.2) is 0 Å². The molecule has 0 aliphatic carbocycles. The maximum atomic E-state index is 8.81. The highest BCUT2D eigenvalue weighted by atomic mass is 32.1. The number of nitrogens with two attached hydrogens (primary N) is 1. The molecule has 1 rings (SSSR count). The van der Waals surface area contributed by atoms with Crippen LogP contribution in [0.2, 0.25) is 0 Å². The van der Waals surface area contributed by atoms with Gasteiger partial charge in [0.1, 0.15) is 5.54 Å². The van der Waals surface area contributed by atoms with Crippen molar-refractivity contribution in [3.8, 4) is 6.07 Å². The summed E-state index contributed by atoms with van der Waals surface area (Å²) in [7, 11) is 0. The van der Waals surface area contributed by atoms with Gasteiger partial charge in [-0.15, -0.1) is 11.3 Å². The average molecular weight is 180 g/mol. The van der Waals surface area contributed by atoms with Crippen molar-refractivity contribution >= 4 is 11.3 Å². The Morgan fingerprint density at radius 2 is 2.17 bits per heavy atom. The van der Waals surface area contributed by atoms with E-state index >= 15 is 0 Å². The van der Waals surface area contributed by atoms with Crippen molar-refractivity contribution in [1.82, 2.24) is 0 Å². The van der Waals surface area contributed by atoms with Crippen molar-refractivity contribution in [3.05, 3.63) is 21.4 Å². The summed E-state index contributed by atoms with van der Waals surface area (Å²) < 4.78 is 0. The Kier molecular flexibility index (Phi) is 2.22. The second-order valence-corrected chi connectivity index (χ2v) is 4.60. The molecule has 2 nitrogen and oxygen atoms in total. The van der Waals surface area contributed by atoms with Crippen LogP contribution < -0.4 is 5.73 Å². The number of nitrogens with zero attached hydrogens (tertiary/aromatic N) is 1. The molecule has 0 aliphatic heterocycles. The third kappa shape index (κ3) is 1.50. The molecule has 0 saturated carbocycles. The van der Waals surface area contributed by atoms with Crippen LogP contribution in [0.4, 0.5) is 0 Å². The summed E-state index contributed by atoms with van der Waals surface area (Å²) in [6.45, 7) is 5.76. The lowest BCUT2D eigenvalue weighted by Gasteiger charge is -2.14. The van der Waals surface area contributed by atoms with Gasteiger partial charge in [0, 0.05) is 9.75 Å². The Hall–Kier alpha value is -0.850. The molecule has 1 aromatic heterocycles. The van der Waals surface area contributed by atoms with E-state index in [1.807, 2.05) is 19.9 Å². The van der Waals surface area contributed by atoms with Crippen LogP contribution in [0.5, 0.6) is 0 Å². The zero-order chi connectivity index (χ0) is 9.35. The van der Waals surface area contributed by atoms with Crippen LogP contribution in [0.15, 0.2) is 6.07 Å². The minimum absolute atomic E-state index is 0.838. The number of hydrogen-bond acceptors (Lipinski definition) is 3. The Morgan fingerprint density at radius 1 is 1.58 bits per heavy atom. The monoisotopic (exact) mass is 180 g/mol. The summed E-state index contributed by atoms with van der Waals surface area (Å²) in [5.41, 5.74) is 5.91. The second kappa shape index (κ2) is 2.89. The molecule has 1 aromatic rings. The van der Waals surface area contributed by atoms with Crippen LogP contribution in [0.3, 0.4) is 0 Å². The molecular formula is C9H12N2S. The van der Waals surface area contributed by atoms with Crippen molar-refractivity contribution in [1.29, 1.82) is 5.26 Å². The zero-order valence-electron chi connectivity index (χ0n) is 7.51. The molecule has 0 fully saturated rings. The number of aryl methyl sites for hydroxylation is 2. The summed E-state index contributed by atoms with van der Waals surface area (Å²) in [4.78, 5) is 2.34. The minimum atomic E-state index is -0.838. The molecule has 2 N–H and O–H groups in total. The third-order valence-electron chi connectivity index (χ3n) is 1.83. The maximum absolute atomic E-state index is 8.81. The summed E-state index contributed by atoms with van der Waals surface area (Å²) in [5.74, 6) is 0. The first-order valence-electron chi connectivity index (χ1n) is 3.75. The van der Waals surface area contributed by atoms with Gasteiger partial charge in [0.05, 0.1) is 6.07 Å². The van der Waals surface area contributed by atoms with Crippen LogP contribution in [-0.4, -0.2) is 0 Å². The number of nitriles is 1. The van der Waals surface area contributed by atoms with Crippen molar-refractivity contribution in [2.45, 2.75) is 26.3 Å². The molecule has 0 spiro atoms. The summed E-state index contributed by atoms with van der Waals surface area (Å²) in [6.07, 6.45) is 0. The molecule has 0 amide bonds. The van der Waals surface area contributed by atoms with E-state index in [2.05, 4.69) is 6.07 Å². The quantitative estimate of drug-likeness (QED) is 0.719. The number of rotatable bonds is 1. The molecule has 0 aromatic carbocycles. The van der Waals surface area contributed by atoms with Crippen molar-refractivity contribution in [2.24, 2.45) is 5.73 Å². The molecule has 64 valence electrons. The fraction of sp³-hybridized carbons (Fsp3) is 0.444. The molecule has 12 heavy (non-hydrogen) atoms. The van der Waals surface area contributed by atoms with E-state index in [9.17, 15) is 0 Å². The molecule has 0 unspecified atom stereocenters.